The Hall–Kier alpha value is -0.700. The van der Waals surface area contributed by atoms with E-state index in [4.69, 9.17) is 11.6 Å². The molecule has 0 aliphatic heterocycles. The molecule has 80 valence electrons. The van der Waals surface area contributed by atoms with Gasteiger partial charge >= 0.3 is 6.18 Å². The van der Waals surface area contributed by atoms with Crippen molar-refractivity contribution in [3.63, 3.8) is 0 Å². The van der Waals surface area contributed by atoms with Crippen LogP contribution in [-0.2, 0) is 6.18 Å². The first-order chi connectivity index (χ1) is 6.41. The molecule has 0 unspecified atom stereocenters. The highest BCUT2D eigenvalue weighted by Crippen LogP contribution is 2.34. The lowest BCUT2D eigenvalue weighted by Gasteiger charge is -2.08. The molecular formula is C10H12ClF3. The zero-order valence-electron chi connectivity index (χ0n) is 8.24. The number of aryl methyl sites for hydroxylation is 1. The van der Waals surface area contributed by atoms with Crippen molar-refractivity contribution in [1.29, 1.82) is 0 Å². The number of hydrogen-bond donors (Lipinski definition) is 0. The van der Waals surface area contributed by atoms with Crippen LogP contribution in [0.3, 0.4) is 0 Å². The summed E-state index contributed by atoms with van der Waals surface area (Å²) in [5.74, 6) is 0. The predicted octanol–water partition coefficient (Wildman–Crippen LogP) is 4.69. The van der Waals surface area contributed by atoms with Crippen molar-refractivity contribution in [3.05, 3.63) is 34.3 Å². The molecule has 0 atom stereocenters. The summed E-state index contributed by atoms with van der Waals surface area (Å²) < 4.78 is 36.3. The van der Waals surface area contributed by atoms with Gasteiger partial charge in [0.05, 0.1) is 10.6 Å². The molecule has 0 fully saturated rings. The third-order valence-corrected chi connectivity index (χ3v) is 1.74. The van der Waals surface area contributed by atoms with Gasteiger partial charge in [-0.1, -0.05) is 31.5 Å². The highest BCUT2D eigenvalue weighted by molar-refractivity contribution is 6.31. The van der Waals surface area contributed by atoms with Crippen LogP contribution in [0.4, 0.5) is 13.2 Å². The lowest BCUT2D eigenvalue weighted by atomic mass is 10.1. The summed E-state index contributed by atoms with van der Waals surface area (Å²) in [6.45, 7) is 5.69. The first-order valence-corrected chi connectivity index (χ1v) is 4.62. The van der Waals surface area contributed by atoms with Gasteiger partial charge in [-0.15, -0.1) is 0 Å². The maximum Gasteiger partial charge on any atom is 0.417 e. The fraction of sp³-hybridized carbons (Fsp3) is 0.400. The van der Waals surface area contributed by atoms with Gasteiger partial charge in [-0.2, -0.15) is 13.2 Å². The molecule has 0 radical (unpaired) electrons. The molecule has 0 aliphatic rings. The lowest BCUT2D eigenvalue weighted by molar-refractivity contribution is -0.137. The lowest BCUT2D eigenvalue weighted by Crippen LogP contribution is -2.05. The monoisotopic (exact) mass is 224 g/mol. The quantitative estimate of drug-likeness (QED) is 0.600. The van der Waals surface area contributed by atoms with E-state index in [0.29, 0.717) is 5.56 Å². The van der Waals surface area contributed by atoms with E-state index < -0.39 is 11.7 Å². The summed E-state index contributed by atoms with van der Waals surface area (Å²) in [7, 11) is 0. The van der Waals surface area contributed by atoms with Crippen molar-refractivity contribution < 1.29 is 13.2 Å². The molecule has 0 heterocycles. The summed E-state index contributed by atoms with van der Waals surface area (Å²) in [6, 6.07) is 3.66. The number of hydrogen-bond acceptors (Lipinski definition) is 0. The van der Waals surface area contributed by atoms with E-state index in [0.717, 1.165) is 6.07 Å². The molecule has 0 N–H and O–H groups in total. The predicted molar refractivity (Wildman–Crippen MR) is 52.5 cm³/mol. The Kier molecular flexibility index (Phi) is 4.99. The molecule has 14 heavy (non-hydrogen) atoms. The summed E-state index contributed by atoms with van der Waals surface area (Å²) in [5.41, 5.74) is -0.0669. The van der Waals surface area contributed by atoms with Crippen molar-refractivity contribution >= 4 is 11.6 Å². The second-order valence-electron chi connectivity index (χ2n) is 2.48. The first kappa shape index (κ1) is 13.3. The van der Waals surface area contributed by atoms with Crippen molar-refractivity contribution in [2.24, 2.45) is 0 Å². The topological polar surface area (TPSA) is 0 Å². The molecular weight excluding hydrogens is 213 g/mol. The normalized spacial score (nSPS) is 10.5. The van der Waals surface area contributed by atoms with Crippen LogP contribution in [0.1, 0.15) is 25.0 Å². The summed E-state index contributed by atoms with van der Waals surface area (Å²) >= 11 is 5.39. The van der Waals surface area contributed by atoms with E-state index >= 15 is 0 Å². The van der Waals surface area contributed by atoms with Gasteiger partial charge in [-0.25, -0.2) is 0 Å². The van der Waals surface area contributed by atoms with Gasteiger partial charge in [0.25, 0.3) is 0 Å². The van der Waals surface area contributed by atoms with Crippen molar-refractivity contribution in [3.8, 4) is 0 Å². The fourth-order valence-electron chi connectivity index (χ4n) is 0.850. The Bertz CT molecular complexity index is 292. The van der Waals surface area contributed by atoms with Crippen LogP contribution in [0, 0.1) is 6.92 Å². The zero-order valence-corrected chi connectivity index (χ0v) is 9.00. The van der Waals surface area contributed by atoms with E-state index in [9.17, 15) is 13.2 Å². The third-order valence-electron chi connectivity index (χ3n) is 1.43. The van der Waals surface area contributed by atoms with E-state index in [2.05, 4.69) is 0 Å². The van der Waals surface area contributed by atoms with Crippen LogP contribution in [0.5, 0.6) is 0 Å². The van der Waals surface area contributed by atoms with Crippen molar-refractivity contribution in [2.45, 2.75) is 26.9 Å². The van der Waals surface area contributed by atoms with Crippen LogP contribution < -0.4 is 0 Å². The number of alkyl halides is 3. The fourth-order valence-corrected chi connectivity index (χ4v) is 1.19. The summed E-state index contributed by atoms with van der Waals surface area (Å²) in [5, 5.41) is -0.248. The Labute approximate surface area is 86.7 Å². The maximum atomic E-state index is 12.1. The molecule has 0 aromatic heterocycles. The van der Waals surface area contributed by atoms with E-state index in [-0.39, 0.29) is 5.02 Å². The molecule has 0 saturated carbocycles. The van der Waals surface area contributed by atoms with Gasteiger partial charge in [0.15, 0.2) is 0 Å². The number of rotatable bonds is 0. The van der Waals surface area contributed by atoms with Crippen LogP contribution in [-0.4, -0.2) is 0 Å². The van der Waals surface area contributed by atoms with Crippen LogP contribution >= 0.6 is 11.6 Å². The average molecular weight is 225 g/mol. The highest BCUT2D eigenvalue weighted by atomic mass is 35.5. The van der Waals surface area contributed by atoms with Crippen molar-refractivity contribution in [2.75, 3.05) is 0 Å². The van der Waals surface area contributed by atoms with Crippen LogP contribution in [0.25, 0.3) is 0 Å². The Morgan fingerprint density at radius 3 is 2.00 bits per heavy atom. The van der Waals surface area contributed by atoms with Crippen LogP contribution in [0.2, 0.25) is 5.02 Å². The molecule has 0 aliphatic carbocycles. The molecule has 0 saturated heterocycles. The molecule has 1 rings (SSSR count). The van der Waals surface area contributed by atoms with Gasteiger partial charge in [0, 0.05) is 0 Å². The Morgan fingerprint density at radius 2 is 1.64 bits per heavy atom. The van der Waals surface area contributed by atoms with Crippen LogP contribution in [0.15, 0.2) is 18.2 Å². The van der Waals surface area contributed by atoms with Crippen molar-refractivity contribution in [1.82, 2.24) is 0 Å². The molecule has 4 heteroatoms. The minimum atomic E-state index is -4.36. The van der Waals surface area contributed by atoms with E-state index in [1.165, 1.54) is 12.1 Å². The van der Waals surface area contributed by atoms with Gasteiger partial charge in [0.2, 0.25) is 0 Å². The molecule has 0 bridgehead atoms. The molecule has 1 aromatic rings. The van der Waals surface area contributed by atoms with E-state index in [1.807, 2.05) is 13.8 Å². The SMILES string of the molecule is CC.Cc1ccc(C(F)(F)F)c(Cl)c1. The molecule has 1 aromatic carbocycles. The Morgan fingerprint density at radius 1 is 1.14 bits per heavy atom. The van der Waals surface area contributed by atoms with Gasteiger partial charge < -0.3 is 0 Å². The largest absolute Gasteiger partial charge is 0.417 e. The Balaban J connectivity index is 0.000000791. The zero-order chi connectivity index (χ0) is 11.4. The van der Waals surface area contributed by atoms with Gasteiger partial charge in [0.1, 0.15) is 0 Å². The first-order valence-electron chi connectivity index (χ1n) is 4.24. The molecule has 0 nitrogen and oxygen atoms in total. The minimum Gasteiger partial charge on any atom is -0.166 e. The van der Waals surface area contributed by atoms with E-state index in [1.54, 1.807) is 6.92 Å². The number of benzene rings is 1. The molecule has 0 amide bonds. The average Bonchev–Trinajstić information content (AvgIpc) is 2.05. The second kappa shape index (κ2) is 5.25. The standard InChI is InChI=1S/C8H6ClF3.C2H6/c1-5-2-3-6(7(9)4-5)8(10,11)12;1-2/h2-4H,1H3;1-2H3. The molecule has 0 spiro atoms. The van der Waals surface area contributed by atoms with Gasteiger partial charge in [-0.3, -0.25) is 0 Å². The number of halogens is 4. The summed E-state index contributed by atoms with van der Waals surface area (Å²) in [4.78, 5) is 0. The highest BCUT2D eigenvalue weighted by Gasteiger charge is 2.32. The second-order valence-corrected chi connectivity index (χ2v) is 2.89. The van der Waals surface area contributed by atoms with Gasteiger partial charge in [-0.05, 0) is 24.6 Å². The minimum absolute atomic E-state index is 0.248. The summed E-state index contributed by atoms with van der Waals surface area (Å²) in [6.07, 6.45) is -4.36. The maximum absolute atomic E-state index is 12.1. The smallest absolute Gasteiger partial charge is 0.166 e. The third kappa shape index (κ3) is 3.58.